The summed E-state index contributed by atoms with van der Waals surface area (Å²) in [5, 5.41) is 9.09. The number of benzene rings is 1. The van der Waals surface area contributed by atoms with Crippen LogP contribution in [0.2, 0.25) is 0 Å². The van der Waals surface area contributed by atoms with Gasteiger partial charge in [-0.25, -0.2) is 4.79 Å². The van der Waals surface area contributed by atoms with Crippen LogP contribution in [0.1, 0.15) is 5.56 Å². The summed E-state index contributed by atoms with van der Waals surface area (Å²) < 4.78 is 6.73. The lowest BCUT2D eigenvalue weighted by atomic mass is 10.1. The van der Waals surface area contributed by atoms with Crippen molar-refractivity contribution in [2.24, 2.45) is 0 Å². The van der Waals surface area contributed by atoms with Gasteiger partial charge in [-0.05, 0) is 12.1 Å². The second-order valence-electron chi connectivity index (χ2n) is 5.14. The van der Waals surface area contributed by atoms with Crippen LogP contribution in [0, 0.1) is 0 Å². The monoisotopic (exact) mass is 341 g/mol. The first kappa shape index (κ1) is 13.5. The lowest BCUT2D eigenvalue weighted by Gasteiger charge is -2.38. The molecule has 0 spiro atoms. The molecule has 0 aliphatic carbocycles. The molecule has 6 nitrogen and oxygen atoms in total. The van der Waals surface area contributed by atoms with Crippen LogP contribution in [0.15, 0.2) is 16.6 Å². The van der Waals surface area contributed by atoms with Gasteiger partial charge >= 0.3 is 6.09 Å². The van der Waals surface area contributed by atoms with Crippen molar-refractivity contribution in [1.29, 1.82) is 0 Å². The molecule has 2 aliphatic rings. The minimum absolute atomic E-state index is 0.0745. The number of fused-ring (bicyclic) bond motifs is 2. The quantitative estimate of drug-likeness (QED) is 0.700. The Morgan fingerprint density at radius 2 is 2.25 bits per heavy atom. The van der Waals surface area contributed by atoms with Gasteiger partial charge < -0.3 is 20.5 Å². The number of nitrogen functional groups attached to an aromatic ring is 1. The van der Waals surface area contributed by atoms with Gasteiger partial charge in [0.2, 0.25) is 0 Å². The van der Waals surface area contributed by atoms with Gasteiger partial charge in [-0.1, -0.05) is 15.9 Å². The molecule has 1 aromatic carbocycles. The molecule has 1 atom stereocenters. The molecule has 7 heteroatoms. The average Bonchev–Trinajstić information content (AvgIpc) is 2.57. The summed E-state index contributed by atoms with van der Waals surface area (Å²) in [7, 11) is 0. The molecule has 1 aromatic rings. The maximum absolute atomic E-state index is 11.1. The van der Waals surface area contributed by atoms with Crippen LogP contribution in [0.25, 0.3) is 0 Å². The average molecular weight is 342 g/mol. The summed E-state index contributed by atoms with van der Waals surface area (Å²) in [4.78, 5) is 14.8. The third-order valence-electron chi connectivity index (χ3n) is 3.88. The number of carbonyl (C=O) groups is 1. The van der Waals surface area contributed by atoms with Gasteiger partial charge in [0.05, 0.1) is 6.04 Å². The predicted molar refractivity (Wildman–Crippen MR) is 77.8 cm³/mol. The molecule has 1 amide bonds. The number of anilines is 1. The van der Waals surface area contributed by atoms with Crippen molar-refractivity contribution in [2.45, 2.75) is 12.6 Å². The van der Waals surface area contributed by atoms with E-state index in [2.05, 4.69) is 20.8 Å². The van der Waals surface area contributed by atoms with Gasteiger partial charge in [0.1, 0.15) is 12.4 Å². The van der Waals surface area contributed by atoms with E-state index >= 15 is 0 Å². The molecule has 0 unspecified atom stereocenters. The highest BCUT2D eigenvalue weighted by Gasteiger charge is 2.33. The summed E-state index contributed by atoms with van der Waals surface area (Å²) in [6, 6.07) is 3.86. The number of hydrogen-bond donors (Lipinski definition) is 2. The van der Waals surface area contributed by atoms with E-state index in [4.69, 9.17) is 15.6 Å². The van der Waals surface area contributed by atoms with Crippen LogP contribution >= 0.6 is 15.9 Å². The molecule has 1 saturated heterocycles. The van der Waals surface area contributed by atoms with Crippen LogP contribution in [-0.2, 0) is 6.54 Å². The maximum Gasteiger partial charge on any atom is 0.407 e. The van der Waals surface area contributed by atoms with E-state index < -0.39 is 6.09 Å². The summed E-state index contributed by atoms with van der Waals surface area (Å²) in [6.07, 6.45) is -0.867. The number of nitrogens with two attached hydrogens (primary N) is 1. The number of halogens is 1. The fourth-order valence-electron chi connectivity index (χ4n) is 2.75. The smallest absolute Gasteiger partial charge is 0.407 e. The summed E-state index contributed by atoms with van der Waals surface area (Å²) in [6.45, 7) is 2.89. The number of ether oxygens (including phenoxy) is 1. The Balaban J connectivity index is 1.85. The van der Waals surface area contributed by atoms with Crippen molar-refractivity contribution in [3.05, 3.63) is 22.2 Å². The molecule has 0 bridgehead atoms. The maximum atomic E-state index is 11.1. The molecule has 3 N–H and O–H groups in total. The summed E-state index contributed by atoms with van der Waals surface area (Å²) in [5.41, 5.74) is 7.76. The standard InChI is InChI=1S/C13H16BrN3O3/c14-8-3-11(15)10-6-16-1-2-17(13(18)19)5-9(16)7-20-12(10)4-8/h3-4,9H,1-2,5-7,15H2,(H,18,19)/t9-/m1/s1. The van der Waals surface area contributed by atoms with E-state index in [1.165, 1.54) is 4.90 Å². The Morgan fingerprint density at radius 1 is 1.45 bits per heavy atom. The van der Waals surface area contributed by atoms with Gasteiger partial charge in [-0.2, -0.15) is 0 Å². The topological polar surface area (TPSA) is 79.0 Å². The Morgan fingerprint density at radius 3 is 3.00 bits per heavy atom. The zero-order chi connectivity index (χ0) is 14.3. The van der Waals surface area contributed by atoms with E-state index in [1.807, 2.05) is 12.1 Å². The van der Waals surface area contributed by atoms with Gasteiger partial charge in [0.15, 0.2) is 0 Å². The third kappa shape index (κ3) is 2.43. The number of rotatable bonds is 0. The molecule has 0 radical (unpaired) electrons. The zero-order valence-corrected chi connectivity index (χ0v) is 12.5. The molecule has 1 fully saturated rings. The first-order valence-electron chi connectivity index (χ1n) is 6.47. The van der Waals surface area contributed by atoms with Crippen LogP contribution in [0.4, 0.5) is 10.5 Å². The van der Waals surface area contributed by atoms with E-state index in [0.717, 1.165) is 15.8 Å². The Bertz CT molecular complexity index is 552. The molecular weight excluding hydrogens is 326 g/mol. The van der Waals surface area contributed by atoms with Gasteiger partial charge in [-0.3, -0.25) is 4.90 Å². The van der Waals surface area contributed by atoms with Gasteiger partial charge in [-0.15, -0.1) is 0 Å². The van der Waals surface area contributed by atoms with Crippen molar-refractivity contribution in [3.8, 4) is 5.75 Å². The lowest BCUT2D eigenvalue weighted by molar-refractivity contribution is 0.0503. The largest absolute Gasteiger partial charge is 0.491 e. The molecule has 2 aliphatic heterocycles. The number of nitrogens with zero attached hydrogens (tertiary/aromatic N) is 2. The summed E-state index contributed by atoms with van der Waals surface area (Å²) >= 11 is 3.41. The number of amides is 1. The minimum Gasteiger partial charge on any atom is -0.491 e. The molecule has 0 saturated carbocycles. The Labute approximate surface area is 125 Å². The second-order valence-corrected chi connectivity index (χ2v) is 6.05. The molecular formula is C13H16BrN3O3. The van der Waals surface area contributed by atoms with Crippen molar-refractivity contribution >= 4 is 27.7 Å². The van der Waals surface area contributed by atoms with Crippen molar-refractivity contribution < 1.29 is 14.6 Å². The fraction of sp³-hybridized carbons (Fsp3) is 0.462. The van der Waals surface area contributed by atoms with Crippen molar-refractivity contribution in [2.75, 3.05) is 32.0 Å². The first-order chi connectivity index (χ1) is 9.54. The van der Waals surface area contributed by atoms with Crippen LogP contribution in [0.5, 0.6) is 5.75 Å². The fourth-order valence-corrected chi connectivity index (χ4v) is 3.21. The normalized spacial score (nSPS) is 22.4. The van der Waals surface area contributed by atoms with Crippen LogP contribution in [-0.4, -0.2) is 53.3 Å². The SMILES string of the molecule is Nc1cc(Br)cc2c1CN1CCN(C(=O)O)C[C@@H]1CO2. The van der Waals surface area contributed by atoms with E-state index in [0.29, 0.717) is 38.5 Å². The van der Waals surface area contributed by atoms with Crippen molar-refractivity contribution in [3.63, 3.8) is 0 Å². The molecule has 108 valence electrons. The van der Waals surface area contributed by atoms with Gasteiger partial charge in [0.25, 0.3) is 0 Å². The molecule has 2 heterocycles. The first-order valence-corrected chi connectivity index (χ1v) is 7.26. The molecule has 0 aromatic heterocycles. The lowest BCUT2D eigenvalue weighted by Crippen LogP contribution is -2.55. The van der Waals surface area contributed by atoms with E-state index in [-0.39, 0.29) is 6.04 Å². The zero-order valence-electron chi connectivity index (χ0n) is 10.9. The highest BCUT2D eigenvalue weighted by molar-refractivity contribution is 9.10. The van der Waals surface area contributed by atoms with Crippen molar-refractivity contribution in [1.82, 2.24) is 9.80 Å². The Hall–Kier alpha value is -1.47. The minimum atomic E-state index is -0.867. The molecule has 20 heavy (non-hydrogen) atoms. The van der Waals surface area contributed by atoms with Crippen LogP contribution < -0.4 is 10.5 Å². The third-order valence-corrected chi connectivity index (χ3v) is 4.33. The Kier molecular flexibility index (Phi) is 3.47. The predicted octanol–water partition coefficient (Wildman–Crippen LogP) is 1.59. The number of hydrogen-bond acceptors (Lipinski definition) is 4. The molecule has 3 rings (SSSR count). The second kappa shape index (κ2) is 5.14. The number of piperazine rings is 1. The van der Waals surface area contributed by atoms with Crippen LogP contribution in [0.3, 0.4) is 0 Å². The van der Waals surface area contributed by atoms with Gasteiger partial charge in [0, 0.05) is 41.9 Å². The van der Waals surface area contributed by atoms with E-state index in [9.17, 15) is 4.79 Å². The van der Waals surface area contributed by atoms with E-state index in [1.54, 1.807) is 0 Å². The highest BCUT2D eigenvalue weighted by Crippen LogP contribution is 2.34. The number of carboxylic acid groups (broad SMARTS) is 1. The summed E-state index contributed by atoms with van der Waals surface area (Å²) in [5.74, 6) is 0.785. The highest BCUT2D eigenvalue weighted by atomic mass is 79.9.